The molecule has 0 radical (unpaired) electrons. The Labute approximate surface area is 106 Å². The fraction of sp³-hybridized carbons (Fsp3) is 0.308. The molecular weight excluding hydrogens is 230 g/mol. The quantitative estimate of drug-likeness (QED) is 0.740. The number of benzene rings is 1. The zero-order valence-electron chi connectivity index (χ0n) is 10.3. The van der Waals surface area contributed by atoms with Gasteiger partial charge in [0, 0.05) is 12.5 Å². The maximum atomic E-state index is 9.28. The minimum absolute atomic E-state index is 0.0239. The van der Waals surface area contributed by atoms with Crippen LogP contribution in [0.2, 0.25) is 0 Å². The normalized spacial score (nSPS) is 12.6. The van der Waals surface area contributed by atoms with Gasteiger partial charge in [0.25, 0.3) is 0 Å². The number of hydrogen-bond acceptors (Lipinski definition) is 5. The largest absolute Gasteiger partial charge is 0.396 e. The van der Waals surface area contributed by atoms with Crippen molar-refractivity contribution in [1.29, 1.82) is 0 Å². The minimum Gasteiger partial charge on any atom is -0.396 e. The van der Waals surface area contributed by atoms with E-state index in [1.54, 1.807) is 13.3 Å². The van der Waals surface area contributed by atoms with E-state index < -0.39 is 0 Å². The molecule has 0 aliphatic heterocycles. The predicted molar refractivity (Wildman–Crippen MR) is 72.5 cm³/mol. The topological polar surface area (TPSA) is 80.4 Å². The summed E-state index contributed by atoms with van der Waals surface area (Å²) in [5.41, 5.74) is 8.15. The van der Waals surface area contributed by atoms with Gasteiger partial charge < -0.3 is 20.9 Å². The van der Waals surface area contributed by atoms with Crippen LogP contribution in [0.25, 0.3) is 10.9 Å². The van der Waals surface area contributed by atoms with Crippen LogP contribution in [0.15, 0.2) is 30.5 Å². The van der Waals surface area contributed by atoms with Gasteiger partial charge in [-0.1, -0.05) is 18.2 Å². The summed E-state index contributed by atoms with van der Waals surface area (Å²) in [5.74, 6) is 0. The molecule has 0 aliphatic rings. The monoisotopic (exact) mass is 247 g/mol. The first-order chi connectivity index (χ1) is 8.76. The zero-order chi connectivity index (χ0) is 13.0. The number of hydrogen-bond donors (Lipinski definition) is 3. The second-order valence-corrected chi connectivity index (χ2v) is 4.08. The Morgan fingerprint density at radius 3 is 2.94 bits per heavy atom. The highest BCUT2D eigenvalue weighted by Crippen LogP contribution is 2.28. The molecule has 1 unspecified atom stereocenters. The molecule has 5 heteroatoms. The third-order valence-electron chi connectivity index (χ3n) is 2.74. The average molecular weight is 247 g/mol. The number of aliphatic hydroxyl groups is 1. The molecule has 96 valence electrons. The van der Waals surface area contributed by atoms with E-state index in [2.05, 4.69) is 10.3 Å². The smallest absolute Gasteiger partial charge is 0.0743 e. The van der Waals surface area contributed by atoms with E-state index in [1.165, 1.54) is 0 Å². The van der Waals surface area contributed by atoms with Crippen LogP contribution in [-0.2, 0) is 4.74 Å². The lowest BCUT2D eigenvalue weighted by atomic mass is 10.1. The number of nitrogens with zero attached hydrogens (tertiary/aromatic N) is 1. The molecule has 2 aromatic rings. The lowest BCUT2D eigenvalue weighted by Crippen LogP contribution is -2.29. The van der Waals surface area contributed by atoms with Gasteiger partial charge in [-0.2, -0.15) is 0 Å². The molecule has 4 N–H and O–H groups in total. The van der Waals surface area contributed by atoms with Gasteiger partial charge in [-0.15, -0.1) is 0 Å². The first-order valence-electron chi connectivity index (χ1n) is 5.75. The van der Waals surface area contributed by atoms with E-state index >= 15 is 0 Å². The number of aliphatic hydroxyl groups excluding tert-OH is 1. The molecule has 2 rings (SSSR count). The van der Waals surface area contributed by atoms with Crippen LogP contribution in [0.3, 0.4) is 0 Å². The van der Waals surface area contributed by atoms with Gasteiger partial charge in [-0.25, -0.2) is 0 Å². The van der Waals surface area contributed by atoms with Gasteiger partial charge in [-0.05, 0) is 6.07 Å². The number of ether oxygens (including phenoxy) is 1. The van der Waals surface area contributed by atoms with E-state index in [0.717, 1.165) is 16.6 Å². The molecule has 0 amide bonds. The lowest BCUT2D eigenvalue weighted by molar-refractivity contribution is 0.153. The average Bonchev–Trinajstić information content (AvgIpc) is 2.41. The number of para-hydroxylation sites is 1. The number of methoxy groups -OCH3 is 1. The standard InChI is InChI=1S/C13H17N3O2/c1-18-8-9(7-17)16-13-10-4-2-3-5-12(10)15-6-11(13)14/h2-6,9,17H,7-8,14H2,1H3,(H,15,16). The third kappa shape index (κ3) is 2.52. The summed E-state index contributed by atoms with van der Waals surface area (Å²) in [7, 11) is 1.60. The Bertz CT molecular complexity index is 531. The van der Waals surface area contributed by atoms with Gasteiger partial charge in [-0.3, -0.25) is 4.98 Å². The number of fused-ring (bicyclic) bond motifs is 1. The maximum Gasteiger partial charge on any atom is 0.0743 e. The van der Waals surface area contributed by atoms with Crippen molar-refractivity contribution < 1.29 is 9.84 Å². The Morgan fingerprint density at radius 1 is 1.44 bits per heavy atom. The molecule has 1 aromatic carbocycles. The summed E-state index contributed by atoms with van der Waals surface area (Å²) in [6.07, 6.45) is 1.62. The third-order valence-corrected chi connectivity index (χ3v) is 2.74. The summed E-state index contributed by atoms with van der Waals surface area (Å²) < 4.78 is 5.04. The number of nitrogens with two attached hydrogens (primary N) is 1. The van der Waals surface area contributed by atoms with Crippen molar-refractivity contribution in [2.45, 2.75) is 6.04 Å². The molecule has 5 nitrogen and oxygen atoms in total. The highest BCUT2D eigenvalue weighted by molar-refractivity contribution is 5.96. The van der Waals surface area contributed by atoms with Crippen LogP contribution in [0.5, 0.6) is 0 Å². The molecule has 0 saturated heterocycles. The Kier molecular flexibility index (Phi) is 3.96. The van der Waals surface area contributed by atoms with Crippen molar-refractivity contribution in [3.63, 3.8) is 0 Å². The number of rotatable bonds is 5. The van der Waals surface area contributed by atoms with Gasteiger partial charge in [0.15, 0.2) is 0 Å². The van der Waals surface area contributed by atoms with Crippen LogP contribution in [0, 0.1) is 0 Å². The molecule has 18 heavy (non-hydrogen) atoms. The SMILES string of the molecule is COCC(CO)Nc1c(N)cnc2ccccc12. The Balaban J connectivity index is 2.39. The number of aromatic nitrogens is 1. The van der Waals surface area contributed by atoms with Crippen LogP contribution < -0.4 is 11.1 Å². The van der Waals surface area contributed by atoms with Crippen molar-refractivity contribution >= 4 is 22.3 Å². The van der Waals surface area contributed by atoms with Crippen molar-refractivity contribution in [2.75, 3.05) is 31.4 Å². The summed E-state index contributed by atoms with van der Waals surface area (Å²) in [6.45, 7) is 0.385. The fourth-order valence-electron chi connectivity index (χ4n) is 1.86. The van der Waals surface area contributed by atoms with E-state index in [9.17, 15) is 5.11 Å². The second kappa shape index (κ2) is 5.66. The van der Waals surface area contributed by atoms with Gasteiger partial charge in [0.05, 0.1) is 42.3 Å². The predicted octanol–water partition coefficient (Wildman–Crippen LogP) is 1.24. The van der Waals surface area contributed by atoms with Gasteiger partial charge >= 0.3 is 0 Å². The molecule has 0 saturated carbocycles. The number of nitrogens with one attached hydrogen (secondary N) is 1. The second-order valence-electron chi connectivity index (χ2n) is 4.08. The van der Waals surface area contributed by atoms with Crippen molar-refractivity contribution in [3.05, 3.63) is 30.5 Å². The van der Waals surface area contributed by atoms with Gasteiger partial charge in [0.1, 0.15) is 0 Å². The molecule has 0 bridgehead atoms. The van der Waals surface area contributed by atoms with Crippen LogP contribution >= 0.6 is 0 Å². The van der Waals surface area contributed by atoms with Crippen molar-refractivity contribution in [2.24, 2.45) is 0 Å². The Hall–Kier alpha value is -1.85. The highest BCUT2D eigenvalue weighted by atomic mass is 16.5. The molecule has 0 spiro atoms. The van der Waals surface area contributed by atoms with E-state index in [-0.39, 0.29) is 12.6 Å². The fourth-order valence-corrected chi connectivity index (χ4v) is 1.86. The first kappa shape index (κ1) is 12.6. The molecule has 1 heterocycles. The summed E-state index contributed by atoms with van der Waals surface area (Å²) >= 11 is 0. The van der Waals surface area contributed by atoms with E-state index in [4.69, 9.17) is 10.5 Å². The Morgan fingerprint density at radius 2 is 2.22 bits per heavy atom. The van der Waals surface area contributed by atoms with Crippen LogP contribution in [0.1, 0.15) is 0 Å². The van der Waals surface area contributed by atoms with E-state index in [1.807, 2.05) is 24.3 Å². The number of anilines is 2. The van der Waals surface area contributed by atoms with Crippen LogP contribution in [0.4, 0.5) is 11.4 Å². The summed E-state index contributed by atoms with van der Waals surface area (Å²) in [5, 5.41) is 13.4. The summed E-state index contributed by atoms with van der Waals surface area (Å²) in [6, 6.07) is 7.53. The highest BCUT2D eigenvalue weighted by Gasteiger charge is 2.12. The van der Waals surface area contributed by atoms with Crippen molar-refractivity contribution in [3.8, 4) is 0 Å². The molecule has 0 fully saturated rings. The molecule has 1 aromatic heterocycles. The molecule has 0 aliphatic carbocycles. The lowest BCUT2D eigenvalue weighted by Gasteiger charge is -2.19. The molecular formula is C13H17N3O2. The number of pyridine rings is 1. The van der Waals surface area contributed by atoms with Crippen LogP contribution in [-0.4, -0.2) is 36.5 Å². The maximum absolute atomic E-state index is 9.28. The zero-order valence-corrected chi connectivity index (χ0v) is 10.3. The van der Waals surface area contributed by atoms with Crippen molar-refractivity contribution in [1.82, 2.24) is 4.98 Å². The summed E-state index contributed by atoms with van der Waals surface area (Å²) in [4.78, 5) is 4.26. The first-order valence-corrected chi connectivity index (χ1v) is 5.75. The number of nitrogen functional groups attached to an aromatic ring is 1. The van der Waals surface area contributed by atoms with Gasteiger partial charge in [0.2, 0.25) is 0 Å². The molecule has 1 atom stereocenters. The minimum atomic E-state index is -0.192. The van der Waals surface area contributed by atoms with E-state index in [0.29, 0.717) is 12.3 Å².